The highest BCUT2D eigenvalue weighted by Crippen LogP contribution is 2.17. The summed E-state index contributed by atoms with van der Waals surface area (Å²) >= 11 is 1.25. The number of esters is 1. The summed E-state index contributed by atoms with van der Waals surface area (Å²) in [6.45, 7) is -0.0986. The van der Waals surface area contributed by atoms with E-state index < -0.39 is 16.0 Å². The van der Waals surface area contributed by atoms with Crippen LogP contribution in [0.5, 0.6) is 0 Å². The van der Waals surface area contributed by atoms with Crippen LogP contribution < -0.4 is 4.72 Å². The minimum atomic E-state index is -3.22. The van der Waals surface area contributed by atoms with Crippen LogP contribution in [0.25, 0.3) is 0 Å². The third kappa shape index (κ3) is 5.84. The number of hydrogen-bond donors (Lipinski definition) is 1. The van der Waals surface area contributed by atoms with Crippen LogP contribution in [-0.2, 0) is 21.2 Å². The maximum absolute atomic E-state index is 12.0. The van der Waals surface area contributed by atoms with E-state index in [1.165, 1.54) is 23.6 Å². The van der Waals surface area contributed by atoms with Crippen LogP contribution in [0.15, 0.2) is 36.5 Å². The lowest BCUT2D eigenvalue weighted by atomic mass is 10.3. The molecule has 0 bridgehead atoms. The molecule has 0 amide bonds. The molecular weight excluding hydrogens is 352 g/mol. The van der Waals surface area contributed by atoms with E-state index in [4.69, 9.17) is 4.74 Å². The number of ether oxygens (including phenoxy) is 1. The highest BCUT2D eigenvalue weighted by molar-refractivity contribution is 7.88. The Bertz CT molecular complexity index is 815. The number of hydrogen-bond acceptors (Lipinski definition) is 7. The first-order chi connectivity index (χ1) is 11.3. The lowest BCUT2D eigenvalue weighted by Gasteiger charge is -2.02. The van der Waals surface area contributed by atoms with E-state index >= 15 is 0 Å². The van der Waals surface area contributed by atoms with Crippen molar-refractivity contribution in [2.45, 2.75) is 6.42 Å². The van der Waals surface area contributed by atoms with E-state index in [-0.39, 0.29) is 24.6 Å². The van der Waals surface area contributed by atoms with E-state index in [9.17, 15) is 18.0 Å². The van der Waals surface area contributed by atoms with E-state index in [2.05, 4.69) is 9.71 Å². The van der Waals surface area contributed by atoms with Gasteiger partial charge in [0.1, 0.15) is 5.69 Å². The Morgan fingerprint density at radius 1 is 1.25 bits per heavy atom. The average Bonchev–Trinajstić information content (AvgIpc) is 3.01. The quantitative estimate of drug-likeness (QED) is 0.556. The fourth-order valence-electron chi connectivity index (χ4n) is 1.78. The molecular formula is C15H16N2O5S2. The van der Waals surface area contributed by atoms with Crippen molar-refractivity contribution in [3.63, 3.8) is 0 Å². The van der Waals surface area contributed by atoms with Crippen LogP contribution in [0, 0.1) is 0 Å². The molecule has 0 radical (unpaired) electrons. The van der Waals surface area contributed by atoms with Gasteiger partial charge in [0.2, 0.25) is 15.8 Å². The van der Waals surface area contributed by atoms with Gasteiger partial charge in [0.25, 0.3) is 0 Å². The summed E-state index contributed by atoms with van der Waals surface area (Å²) in [5, 5.41) is 0. The van der Waals surface area contributed by atoms with Gasteiger partial charge < -0.3 is 4.74 Å². The van der Waals surface area contributed by atoms with Crippen LogP contribution in [0.1, 0.15) is 25.0 Å². The number of aromatic nitrogens is 1. The van der Waals surface area contributed by atoms with Crippen LogP contribution in [0.2, 0.25) is 0 Å². The summed E-state index contributed by atoms with van der Waals surface area (Å²) in [6.07, 6.45) is 3.04. The summed E-state index contributed by atoms with van der Waals surface area (Å²) in [5.74, 6) is -0.968. The van der Waals surface area contributed by atoms with Crippen molar-refractivity contribution in [3.8, 4) is 0 Å². The number of Topliss-reactive ketones (excluding diaryl/α,β-unsaturated/α-hetero) is 1. The molecule has 2 aromatic rings. The fraction of sp³-hybridized carbons (Fsp3) is 0.267. The van der Waals surface area contributed by atoms with Gasteiger partial charge in [0.15, 0.2) is 6.61 Å². The van der Waals surface area contributed by atoms with Gasteiger partial charge in [-0.25, -0.2) is 22.9 Å². The molecule has 2 rings (SSSR count). The van der Waals surface area contributed by atoms with Crippen molar-refractivity contribution in [1.82, 2.24) is 9.71 Å². The monoisotopic (exact) mass is 368 g/mol. The first-order valence-electron chi connectivity index (χ1n) is 7.00. The second kappa shape index (κ2) is 8.13. The molecule has 0 aliphatic carbocycles. The van der Waals surface area contributed by atoms with E-state index in [1.807, 2.05) is 0 Å². The predicted molar refractivity (Wildman–Crippen MR) is 89.7 cm³/mol. The number of pyridine rings is 1. The Hall–Kier alpha value is -2.10. The van der Waals surface area contributed by atoms with Crippen molar-refractivity contribution >= 4 is 33.1 Å². The highest BCUT2D eigenvalue weighted by Gasteiger charge is 2.14. The van der Waals surface area contributed by atoms with Crippen molar-refractivity contribution < 1.29 is 22.7 Å². The molecule has 0 fully saturated rings. The first kappa shape index (κ1) is 18.2. The lowest BCUT2D eigenvalue weighted by molar-refractivity contribution is 0.0470. The molecule has 24 heavy (non-hydrogen) atoms. The Balaban J connectivity index is 1.84. The molecule has 1 N–H and O–H groups in total. The molecule has 0 unspecified atom stereocenters. The lowest BCUT2D eigenvalue weighted by Crippen LogP contribution is -2.24. The normalized spacial score (nSPS) is 11.2. The number of thiophene rings is 1. The van der Waals surface area contributed by atoms with Gasteiger partial charge in [0, 0.05) is 17.6 Å². The smallest absolute Gasteiger partial charge is 0.357 e. The van der Waals surface area contributed by atoms with Crippen LogP contribution in [0.3, 0.4) is 0 Å². The molecule has 2 heterocycles. The summed E-state index contributed by atoms with van der Waals surface area (Å²) in [4.78, 5) is 28.9. The van der Waals surface area contributed by atoms with Gasteiger partial charge in [-0.1, -0.05) is 6.07 Å². The molecule has 0 spiro atoms. The predicted octanol–water partition coefficient (Wildman–Crippen LogP) is 1.27. The Labute approximate surface area is 143 Å². The molecule has 9 heteroatoms. The average molecular weight is 368 g/mol. The summed E-state index contributed by atoms with van der Waals surface area (Å²) in [6, 6.07) is 8.22. The minimum Gasteiger partial charge on any atom is -0.453 e. The number of nitrogens with zero attached hydrogens (tertiary/aromatic N) is 1. The van der Waals surface area contributed by atoms with Crippen molar-refractivity contribution in [2.24, 2.45) is 0 Å². The number of nitrogens with one attached hydrogen (secondary N) is 1. The largest absolute Gasteiger partial charge is 0.453 e. The molecule has 128 valence electrons. The van der Waals surface area contributed by atoms with Crippen molar-refractivity contribution in [2.75, 3.05) is 19.4 Å². The zero-order valence-corrected chi connectivity index (χ0v) is 14.5. The number of rotatable bonds is 8. The van der Waals surface area contributed by atoms with Gasteiger partial charge in [-0.05, 0) is 30.7 Å². The van der Waals surface area contributed by atoms with Gasteiger partial charge >= 0.3 is 5.97 Å². The van der Waals surface area contributed by atoms with Crippen molar-refractivity contribution in [3.05, 3.63) is 52.0 Å². The Morgan fingerprint density at radius 3 is 2.71 bits per heavy atom. The topological polar surface area (TPSA) is 102 Å². The SMILES string of the molecule is CS(=O)(=O)NCCc1ccc(C(=O)COC(=O)c2ccccn2)s1. The molecule has 7 nitrogen and oxygen atoms in total. The van der Waals surface area contributed by atoms with Gasteiger partial charge in [0.05, 0.1) is 11.1 Å². The Morgan fingerprint density at radius 2 is 2.04 bits per heavy atom. The third-order valence-corrected chi connectivity index (χ3v) is 4.80. The maximum Gasteiger partial charge on any atom is 0.357 e. The minimum absolute atomic E-state index is 0.143. The third-order valence-electron chi connectivity index (χ3n) is 2.88. The van der Waals surface area contributed by atoms with Crippen LogP contribution >= 0.6 is 11.3 Å². The number of carbonyl (C=O) groups is 2. The van der Waals surface area contributed by atoms with Crippen LogP contribution in [-0.4, -0.2) is 44.6 Å². The standard InChI is InChI=1S/C15H16N2O5S2/c1-24(20,21)17-9-7-11-5-6-14(23-11)13(18)10-22-15(19)12-4-2-3-8-16-12/h2-6,8,17H,7,9-10H2,1H3. The number of carbonyl (C=O) groups excluding carboxylic acids is 2. The summed E-state index contributed by atoms with van der Waals surface area (Å²) in [5.41, 5.74) is 0.143. The number of sulfonamides is 1. The fourth-order valence-corrected chi connectivity index (χ4v) is 3.19. The van der Waals surface area contributed by atoms with Gasteiger partial charge in [-0.3, -0.25) is 4.79 Å². The van der Waals surface area contributed by atoms with E-state index in [1.54, 1.807) is 24.3 Å². The van der Waals surface area contributed by atoms with Crippen LogP contribution in [0.4, 0.5) is 0 Å². The van der Waals surface area contributed by atoms with Gasteiger partial charge in [-0.15, -0.1) is 11.3 Å². The zero-order valence-electron chi connectivity index (χ0n) is 12.9. The summed E-state index contributed by atoms with van der Waals surface area (Å²) < 4.78 is 29.3. The number of ketones is 1. The molecule has 2 aromatic heterocycles. The second-order valence-electron chi connectivity index (χ2n) is 4.90. The molecule has 0 saturated heterocycles. The second-order valence-corrected chi connectivity index (χ2v) is 7.90. The Kier molecular flexibility index (Phi) is 6.18. The summed E-state index contributed by atoms with van der Waals surface area (Å²) in [7, 11) is -3.22. The van der Waals surface area contributed by atoms with E-state index in [0.717, 1.165) is 11.1 Å². The molecule has 0 aromatic carbocycles. The molecule has 0 aliphatic heterocycles. The molecule has 0 saturated carbocycles. The van der Waals surface area contributed by atoms with Crippen molar-refractivity contribution in [1.29, 1.82) is 0 Å². The molecule has 0 atom stereocenters. The molecule has 0 aliphatic rings. The first-order valence-corrected chi connectivity index (χ1v) is 9.70. The van der Waals surface area contributed by atoms with Gasteiger partial charge in [-0.2, -0.15) is 0 Å². The maximum atomic E-state index is 12.0. The zero-order chi connectivity index (χ0) is 17.6. The van der Waals surface area contributed by atoms with E-state index in [0.29, 0.717) is 11.3 Å². The highest BCUT2D eigenvalue weighted by atomic mass is 32.2.